The highest BCUT2D eigenvalue weighted by molar-refractivity contribution is 7.98. The molecule has 1 aromatic carbocycles. The average molecular weight is 341 g/mol. The number of allylic oxidation sites excluding steroid dienone is 1. The quantitative estimate of drug-likeness (QED) is 0.521. The second-order valence-corrected chi connectivity index (χ2v) is 5.92. The number of aromatic carboxylic acids is 1. The molecule has 2 heterocycles. The summed E-state index contributed by atoms with van der Waals surface area (Å²) in [5.41, 5.74) is 1.29. The minimum absolute atomic E-state index is 0.277. The fraction of sp³-hybridized carbons (Fsp3) is 0.118. The lowest BCUT2D eigenvalue weighted by Gasteiger charge is -2.06. The van der Waals surface area contributed by atoms with E-state index in [-0.39, 0.29) is 5.56 Å². The molecule has 0 aliphatic heterocycles. The van der Waals surface area contributed by atoms with Crippen LogP contribution in [0.5, 0.6) is 0 Å². The standard InChI is InChI=1S/C17H15N3O3S/c1-2-9-20-15(14-4-3-10-23-14)18-19-17(20)24-11-12-5-7-13(8-6-12)16(21)22/h2-8,10H,1,9,11H2,(H,21,22). The van der Waals surface area contributed by atoms with Gasteiger partial charge in [-0.1, -0.05) is 30.0 Å². The number of hydrogen-bond acceptors (Lipinski definition) is 5. The Morgan fingerprint density at radius 1 is 1.29 bits per heavy atom. The van der Waals surface area contributed by atoms with Crippen LogP contribution in [0.2, 0.25) is 0 Å². The van der Waals surface area contributed by atoms with Crippen molar-refractivity contribution in [1.82, 2.24) is 14.8 Å². The number of benzene rings is 1. The number of hydrogen-bond donors (Lipinski definition) is 1. The van der Waals surface area contributed by atoms with E-state index in [1.807, 2.05) is 10.6 Å². The van der Waals surface area contributed by atoms with E-state index in [1.165, 1.54) is 11.8 Å². The molecule has 0 aliphatic carbocycles. The highest BCUT2D eigenvalue weighted by Gasteiger charge is 2.15. The number of nitrogens with zero attached hydrogens (tertiary/aromatic N) is 3. The molecule has 6 nitrogen and oxygen atoms in total. The van der Waals surface area contributed by atoms with Gasteiger partial charge in [0.2, 0.25) is 5.82 Å². The van der Waals surface area contributed by atoms with Crippen LogP contribution in [0.25, 0.3) is 11.6 Å². The van der Waals surface area contributed by atoms with Gasteiger partial charge in [-0.2, -0.15) is 0 Å². The predicted molar refractivity (Wildman–Crippen MR) is 90.9 cm³/mol. The molecule has 0 saturated heterocycles. The van der Waals surface area contributed by atoms with E-state index < -0.39 is 5.97 Å². The maximum absolute atomic E-state index is 10.9. The first-order valence-corrected chi connectivity index (χ1v) is 8.20. The lowest BCUT2D eigenvalue weighted by molar-refractivity contribution is 0.0697. The Labute approximate surface area is 142 Å². The summed E-state index contributed by atoms with van der Waals surface area (Å²) in [6, 6.07) is 10.4. The average Bonchev–Trinajstić information content (AvgIpc) is 3.23. The first-order valence-electron chi connectivity index (χ1n) is 7.22. The fourth-order valence-corrected chi connectivity index (χ4v) is 3.07. The molecule has 0 amide bonds. The van der Waals surface area contributed by atoms with Crippen LogP contribution < -0.4 is 0 Å². The molecule has 0 radical (unpaired) electrons. The molecule has 0 atom stereocenters. The minimum atomic E-state index is -0.928. The molecule has 3 aromatic rings. The zero-order valence-corrected chi connectivity index (χ0v) is 13.6. The molecule has 0 aliphatic rings. The van der Waals surface area contributed by atoms with E-state index in [4.69, 9.17) is 9.52 Å². The van der Waals surface area contributed by atoms with Gasteiger partial charge in [0, 0.05) is 12.3 Å². The second-order valence-electron chi connectivity index (χ2n) is 4.97. The Balaban J connectivity index is 1.77. The minimum Gasteiger partial charge on any atom is -0.478 e. The summed E-state index contributed by atoms with van der Waals surface area (Å²) in [4.78, 5) is 10.9. The van der Waals surface area contributed by atoms with Gasteiger partial charge >= 0.3 is 5.97 Å². The summed E-state index contributed by atoms with van der Waals surface area (Å²) in [6.45, 7) is 4.34. The van der Waals surface area contributed by atoms with Gasteiger partial charge < -0.3 is 9.52 Å². The predicted octanol–water partition coefficient (Wildman–Crippen LogP) is 3.71. The Kier molecular flexibility index (Phi) is 4.81. The van der Waals surface area contributed by atoms with Gasteiger partial charge in [-0.15, -0.1) is 16.8 Å². The number of carboxylic acids is 1. The molecular formula is C17H15N3O3S. The van der Waals surface area contributed by atoms with E-state index in [0.717, 1.165) is 10.7 Å². The SMILES string of the molecule is C=CCn1c(SCc2ccc(C(=O)O)cc2)nnc1-c1ccco1. The number of carboxylic acid groups (broad SMARTS) is 1. The van der Waals surface area contributed by atoms with Crippen molar-refractivity contribution in [3.05, 3.63) is 66.4 Å². The van der Waals surface area contributed by atoms with Crippen molar-refractivity contribution in [2.45, 2.75) is 17.5 Å². The van der Waals surface area contributed by atoms with Crippen molar-refractivity contribution in [3.63, 3.8) is 0 Å². The largest absolute Gasteiger partial charge is 0.478 e. The molecule has 24 heavy (non-hydrogen) atoms. The lowest BCUT2D eigenvalue weighted by Crippen LogP contribution is -2.00. The summed E-state index contributed by atoms with van der Waals surface area (Å²) in [5.74, 6) is 1.04. The molecule has 1 N–H and O–H groups in total. The number of furan rings is 1. The van der Waals surface area contributed by atoms with Gasteiger partial charge in [-0.25, -0.2) is 4.79 Å². The summed E-state index contributed by atoms with van der Waals surface area (Å²) in [7, 11) is 0. The van der Waals surface area contributed by atoms with E-state index in [9.17, 15) is 4.79 Å². The topological polar surface area (TPSA) is 81.2 Å². The fourth-order valence-electron chi connectivity index (χ4n) is 2.17. The summed E-state index contributed by atoms with van der Waals surface area (Å²) >= 11 is 1.52. The molecule has 0 saturated carbocycles. The Bertz CT molecular complexity index is 839. The van der Waals surface area contributed by atoms with Crippen LogP contribution in [0.1, 0.15) is 15.9 Å². The van der Waals surface area contributed by atoms with Crippen LogP contribution in [0, 0.1) is 0 Å². The number of rotatable bonds is 7. The van der Waals surface area contributed by atoms with E-state index in [2.05, 4.69) is 16.8 Å². The van der Waals surface area contributed by atoms with Crippen molar-refractivity contribution in [1.29, 1.82) is 0 Å². The maximum Gasteiger partial charge on any atom is 0.335 e. The third-order valence-corrected chi connectivity index (χ3v) is 4.38. The van der Waals surface area contributed by atoms with Crippen LogP contribution in [0.15, 0.2) is 64.9 Å². The molecule has 0 fully saturated rings. The zero-order chi connectivity index (χ0) is 16.9. The normalized spacial score (nSPS) is 10.7. The first-order chi connectivity index (χ1) is 11.7. The number of thioether (sulfide) groups is 1. The molecule has 0 unspecified atom stereocenters. The summed E-state index contributed by atoms with van der Waals surface area (Å²) < 4.78 is 7.33. The monoisotopic (exact) mass is 341 g/mol. The van der Waals surface area contributed by atoms with Gasteiger partial charge in [0.15, 0.2) is 10.9 Å². The molecule has 122 valence electrons. The zero-order valence-electron chi connectivity index (χ0n) is 12.8. The van der Waals surface area contributed by atoms with Gasteiger partial charge in [0.05, 0.1) is 11.8 Å². The van der Waals surface area contributed by atoms with Crippen LogP contribution in [0.3, 0.4) is 0 Å². The van der Waals surface area contributed by atoms with Gasteiger partial charge in [-0.05, 0) is 29.8 Å². The van der Waals surface area contributed by atoms with Crippen molar-refractivity contribution in [2.75, 3.05) is 0 Å². The molecule has 2 aromatic heterocycles. The molecule has 7 heteroatoms. The Morgan fingerprint density at radius 2 is 2.08 bits per heavy atom. The lowest BCUT2D eigenvalue weighted by atomic mass is 10.1. The second kappa shape index (κ2) is 7.18. The molecule has 0 bridgehead atoms. The third-order valence-electron chi connectivity index (χ3n) is 3.34. The molecular weight excluding hydrogens is 326 g/mol. The summed E-state index contributed by atoms with van der Waals surface area (Å²) in [6.07, 6.45) is 3.38. The van der Waals surface area contributed by atoms with Crippen LogP contribution in [-0.2, 0) is 12.3 Å². The van der Waals surface area contributed by atoms with E-state index in [0.29, 0.717) is 23.9 Å². The Hall–Kier alpha value is -2.80. The number of aromatic nitrogens is 3. The third kappa shape index (κ3) is 3.41. The molecule has 3 rings (SSSR count). The summed E-state index contributed by atoms with van der Waals surface area (Å²) in [5, 5.41) is 18.1. The highest BCUT2D eigenvalue weighted by Crippen LogP contribution is 2.26. The van der Waals surface area contributed by atoms with Crippen molar-refractivity contribution in [2.24, 2.45) is 0 Å². The number of carbonyl (C=O) groups is 1. The van der Waals surface area contributed by atoms with Crippen LogP contribution in [-0.4, -0.2) is 25.8 Å². The maximum atomic E-state index is 10.9. The van der Waals surface area contributed by atoms with E-state index >= 15 is 0 Å². The van der Waals surface area contributed by atoms with Crippen LogP contribution in [0.4, 0.5) is 0 Å². The smallest absolute Gasteiger partial charge is 0.335 e. The Morgan fingerprint density at radius 3 is 2.71 bits per heavy atom. The van der Waals surface area contributed by atoms with Crippen molar-refractivity contribution in [3.8, 4) is 11.6 Å². The van der Waals surface area contributed by atoms with Gasteiger partial charge in [0.25, 0.3) is 0 Å². The van der Waals surface area contributed by atoms with Gasteiger partial charge in [-0.3, -0.25) is 4.57 Å². The first kappa shape index (κ1) is 16.1. The van der Waals surface area contributed by atoms with E-state index in [1.54, 1.807) is 42.7 Å². The molecule has 0 spiro atoms. The van der Waals surface area contributed by atoms with Crippen molar-refractivity contribution < 1.29 is 14.3 Å². The van der Waals surface area contributed by atoms with Crippen LogP contribution >= 0.6 is 11.8 Å². The van der Waals surface area contributed by atoms with Crippen molar-refractivity contribution >= 4 is 17.7 Å². The van der Waals surface area contributed by atoms with Gasteiger partial charge in [0.1, 0.15) is 0 Å². The highest BCUT2D eigenvalue weighted by atomic mass is 32.2.